The van der Waals surface area contributed by atoms with Gasteiger partial charge in [0.25, 0.3) is 5.56 Å². The third kappa shape index (κ3) is 4.60. The van der Waals surface area contributed by atoms with Crippen molar-refractivity contribution in [3.05, 3.63) is 33.6 Å². The van der Waals surface area contributed by atoms with Gasteiger partial charge in [0.2, 0.25) is 5.91 Å². The predicted molar refractivity (Wildman–Crippen MR) is 107 cm³/mol. The van der Waals surface area contributed by atoms with Crippen molar-refractivity contribution in [1.82, 2.24) is 14.9 Å². The summed E-state index contributed by atoms with van der Waals surface area (Å²) in [5.41, 5.74) is 0.486. The molecule has 0 unspecified atom stereocenters. The largest absolute Gasteiger partial charge is 0.353 e. The minimum atomic E-state index is -0.0842. The van der Waals surface area contributed by atoms with Gasteiger partial charge in [-0.1, -0.05) is 50.1 Å². The zero-order chi connectivity index (χ0) is 18.7. The quantitative estimate of drug-likeness (QED) is 0.598. The van der Waals surface area contributed by atoms with E-state index in [0.717, 1.165) is 12.8 Å². The minimum absolute atomic E-state index is 0.00145. The van der Waals surface area contributed by atoms with E-state index in [1.807, 2.05) is 0 Å². The molecule has 1 aromatic carbocycles. The molecule has 140 valence electrons. The number of carbonyl (C=O) groups excluding carboxylic acids is 1. The summed E-state index contributed by atoms with van der Waals surface area (Å²) in [7, 11) is 0. The smallest absolute Gasteiger partial charge is 0.262 e. The Bertz CT molecular complexity index is 860. The molecule has 7 heteroatoms. The number of benzene rings is 1. The highest BCUT2D eigenvalue weighted by Gasteiger charge is 2.18. The lowest BCUT2D eigenvalue weighted by Gasteiger charge is -2.16. The Morgan fingerprint density at radius 2 is 2.12 bits per heavy atom. The molecule has 1 aliphatic rings. The summed E-state index contributed by atoms with van der Waals surface area (Å²) in [5, 5.41) is 4.74. The summed E-state index contributed by atoms with van der Waals surface area (Å²) in [6.07, 6.45) is 4.47. The molecule has 3 rings (SSSR count). The first-order valence-electron chi connectivity index (χ1n) is 9.06. The lowest BCUT2D eigenvalue weighted by Crippen LogP contribution is -2.34. The zero-order valence-corrected chi connectivity index (χ0v) is 16.7. The Hall–Kier alpha value is -1.53. The number of aromatic nitrogens is 2. The molecule has 1 amide bonds. The van der Waals surface area contributed by atoms with Crippen molar-refractivity contribution in [3.8, 4) is 0 Å². The summed E-state index contributed by atoms with van der Waals surface area (Å²) in [5.74, 6) is 0.553. The van der Waals surface area contributed by atoms with E-state index >= 15 is 0 Å². The normalized spacial score (nSPS) is 15.1. The predicted octanol–water partition coefficient (Wildman–Crippen LogP) is 3.86. The summed E-state index contributed by atoms with van der Waals surface area (Å²) < 4.78 is 1.68. The highest BCUT2D eigenvalue weighted by molar-refractivity contribution is 7.99. The van der Waals surface area contributed by atoms with Gasteiger partial charge in [-0.2, -0.15) is 0 Å². The van der Waals surface area contributed by atoms with Crippen LogP contribution in [0, 0.1) is 5.92 Å². The van der Waals surface area contributed by atoms with Crippen molar-refractivity contribution >= 4 is 40.2 Å². The highest BCUT2D eigenvalue weighted by Crippen LogP contribution is 2.22. The maximum Gasteiger partial charge on any atom is 0.262 e. The maximum absolute atomic E-state index is 12.9. The SMILES string of the molecule is CC(C)Cn1c(SCC(=O)NC2CCCC2)nc2cc(Cl)ccc2c1=O. The molecule has 0 radical (unpaired) electrons. The fourth-order valence-corrected chi connectivity index (χ4v) is 4.27. The van der Waals surface area contributed by atoms with Gasteiger partial charge in [0.15, 0.2) is 5.16 Å². The summed E-state index contributed by atoms with van der Waals surface area (Å²) >= 11 is 7.36. The average molecular weight is 394 g/mol. The topological polar surface area (TPSA) is 64.0 Å². The van der Waals surface area contributed by atoms with Crippen molar-refractivity contribution in [1.29, 1.82) is 0 Å². The van der Waals surface area contributed by atoms with E-state index in [0.29, 0.717) is 39.6 Å². The summed E-state index contributed by atoms with van der Waals surface area (Å²) in [6.45, 7) is 4.68. The molecule has 1 heterocycles. The van der Waals surface area contributed by atoms with E-state index < -0.39 is 0 Å². The fourth-order valence-electron chi connectivity index (χ4n) is 3.28. The van der Waals surface area contributed by atoms with Gasteiger partial charge in [-0.05, 0) is 37.0 Å². The molecule has 0 saturated heterocycles. The van der Waals surface area contributed by atoms with Crippen molar-refractivity contribution in [3.63, 3.8) is 0 Å². The Morgan fingerprint density at radius 3 is 2.81 bits per heavy atom. The minimum Gasteiger partial charge on any atom is -0.353 e. The molecular weight excluding hydrogens is 370 g/mol. The van der Waals surface area contributed by atoms with Crippen LogP contribution in [0.5, 0.6) is 0 Å². The number of halogens is 1. The second-order valence-corrected chi connectivity index (χ2v) is 8.58. The van der Waals surface area contributed by atoms with Crippen LogP contribution in [0.25, 0.3) is 10.9 Å². The van der Waals surface area contributed by atoms with Crippen LogP contribution in [-0.2, 0) is 11.3 Å². The van der Waals surface area contributed by atoms with Crippen LogP contribution in [0.3, 0.4) is 0 Å². The van der Waals surface area contributed by atoms with Gasteiger partial charge >= 0.3 is 0 Å². The van der Waals surface area contributed by atoms with Gasteiger partial charge < -0.3 is 5.32 Å². The molecule has 1 aliphatic carbocycles. The summed E-state index contributed by atoms with van der Waals surface area (Å²) in [4.78, 5) is 29.7. The number of nitrogens with zero attached hydrogens (tertiary/aromatic N) is 2. The van der Waals surface area contributed by atoms with Crippen LogP contribution in [0.4, 0.5) is 0 Å². The average Bonchev–Trinajstić information content (AvgIpc) is 3.08. The van der Waals surface area contributed by atoms with Crippen molar-refractivity contribution < 1.29 is 4.79 Å². The molecule has 1 saturated carbocycles. The molecule has 26 heavy (non-hydrogen) atoms. The fraction of sp³-hybridized carbons (Fsp3) is 0.526. The van der Waals surface area contributed by atoms with Crippen LogP contribution < -0.4 is 10.9 Å². The molecule has 2 aromatic rings. The lowest BCUT2D eigenvalue weighted by atomic mass is 10.2. The van der Waals surface area contributed by atoms with E-state index in [-0.39, 0.29) is 17.2 Å². The number of carbonyl (C=O) groups is 1. The maximum atomic E-state index is 12.9. The summed E-state index contributed by atoms with van der Waals surface area (Å²) in [6, 6.07) is 5.41. The number of nitrogens with one attached hydrogen (secondary N) is 1. The van der Waals surface area contributed by atoms with Crippen molar-refractivity contribution in [2.24, 2.45) is 5.92 Å². The van der Waals surface area contributed by atoms with E-state index in [1.54, 1.807) is 22.8 Å². The van der Waals surface area contributed by atoms with Gasteiger partial charge in [-0.15, -0.1) is 0 Å². The van der Waals surface area contributed by atoms with Crippen LogP contribution in [-0.4, -0.2) is 27.3 Å². The number of thioether (sulfide) groups is 1. The Kier molecular flexibility index (Phi) is 6.24. The highest BCUT2D eigenvalue weighted by atomic mass is 35.5. The standard InChI is InChI=1S/C19H24ClN3O2S/c1-12(2)10-23-18(25)15-8-7-13(20)9-16(15)22-19(23)26-11-17(24)21-14-5-3-4-6-14/h7-9,12,14H,3-6,10-11H2,1-2H3,(H,21,24). The van der Waals surface area contributed by atoms with Gasteiger partial charge in [0.05, 0.1) is 16.7 Å². The molecule has 1 aromatic heterocycles. The number of hydrogen-bond acceptors (Lipinski definition) is 4. The number of fused-ring (bicyclic) bond motifs is 1. The van der Waals surface area contributed by atoms with Crippen LogP contribution >= 0.6 is 23.4 Å². The lowest BCUT2D eigenvalue weighted by molar-refractivity contribution is -0.119. The Morgan fingerprint density at radius 1 is 1.38 bits per heavy atom. The number of amides is 1. The Balaban J connectivity index is 1.84. The van der Waals surface area contributed by atoms with Crippen LogP contribution in [0.15, 0.2) is 28.2 Å². The first-order chi connectivity index (χ1) is 12.4. The molecule has 0 aliphatic heterocycles. The molecule has 1 fully saturated rings. The third-order valence-electron chi connectivity index (χ3n) is 4.48. The second kappa shape index (κ2) is 8.44. The van der Waals surface area contributed by atoms with Gasteiger partial charge in [-0.3, -0.25) is 14.2 Å². The zero-order valence-electron chi connectivity index (χ0n) is 15.1. The van der Waals surface area contributed by atoms with Crippen molar-refractivity contribution in [2.75, 3.05) is 5.75 Å². The molecule has 5 nitrogen and oxygen atoms in total. The third-order valence-corrected chi connectivity index (χ3v) is 5.69. The van der Waals surface area contributed by atoms with E-state index in [2.05, 4.69) is 24.1 Å². The Labute approximate surface area is 162 Å². The van der Waals surface area contributed by atoms with Crippen LogP contribution in [0.2, 0.25) is 5.02 Å². The molecule has 0 bridgehead atoms. The van der Waals surface area contributed by atoms with Crippen LogP contribution in [0.1, 0.15) is 39.5 Å². The molecule has 0 atom stereocenters. The van der Waals surface area contributed by atoms with E-state index in [9.17, 15) is 9.59 Å². The van der Waals surface area contributed by atoms with E-state index in [4.69, 9.17) is 11.6 Å². The number of hydrogen-bond donors (Lipinski definition) is 1. The first kappa shape index (κ1) is 19.2. The van der Waals surface area contributed by atoms with Gasteiger partial charge in [-0.25, -0.2) is 4.98 Å². The van der Waals surface area contributed by atoms with E-state index in [1.165, 1.54) is 24.6 Å². The van der Waals surface area contributed by atoms with Crippen molar-refractivity contribution in [2.45, 2.75) is 57.3 Å². The molecule has 1 N–H and O–H groups in total. The number of rotatable bonds is 6. The molecule has 0 spiro atoms. The monoisotopic (exact) mass is 393 g/mol. The van der Waals surface area contributed by atoms with Gasteiger partial charge in [0, 0.05) is 17.6 Å². The molecular formula is C19H24ClN3O2S. The first-order valence-corrected chi connectivity index (χ1v) is 10.4. The van der Waals surface area contributed by atoms with Gasteiger partial charge in [0.1, 0.15) is 0 Å². The second-order valence-electron chi connectivity index (χ2n) is 7.20.